The van der Waals surface area contributed by atoms with Crippen LogP contribution in [0.1, 0.15) is 5.56 Å². The first-order chi connectivity index (χ1) is 15.6. The Hall–Kier alpha value is -2.17. The molecule has 0 aliphatic carbocycles. The summed E-state index contributed by atoms with van der Waals surface area (Å²) < 4.78 is 73.7. The Balaban J connectivity index is 1.99. The largest absolute Gasteiger partial charge is 0.417 e. The third-order valence-corrected chi connectivity index (χ3v) is 7.79. The van der Waals surface area contributed by atoms with E-state index in [-0.39, 0.29) is 53.0 Å². The lowest BCUT2D eigenvalue weighted by molar-refractivity contribution is -0.137. The van der Waals surface area contributed by atoms with Gasteiger partial charge in [0.15, 0.2) is 11.7 Å². The second kappa shape index (κ2) is 10.4. The molecule has 13 heteroatoms. The zero-order valence-electron chi connectivity index (χ0n) is 17.3. The van der Waals surface area contributed by atoms with E-state index in [0.29, 0.717) is 0 Å². The van der Waals surface area contributed by atoms with E-state index in [1.165, 1.54) is 46.4 Å². The first-order valence-corrected chi connectivity index (χ1v) is 12.7. The molecule has 0 radical (unpaired) electrons. The monoisotopic (exact) mass is 520 g/mol. The number of thioether (sulfide) groups is 1. The Kier molecular flexibility index (Phi) is 8.02. The van der Waals surface area contributed by atoms with Gasteiger partial charge < -0.3 is 10.1 Å². The Labute approximate surface area is 198 Å². The number of rotatable bonds is 7. The molecule has 1 saturated heterocycles. The van der Waals surface area contributed by atoms with Gasteiger partial charge in [0.2, 0.25) is 10.0 Å². The summed E-state index contributed by atoms with van der Waals surface area (Å²) in [6.07, 6.45) is -1.32. The zero-order chi connectivity index (χ0) is 24.2. The standard InChI is InChI=1S/C20H20ClF3N4O3S2/c1-32-19(26-12-25)27-14-10-16(20(22,23)24)18(17(21)11-14)13-2-4-15(5-3-13)33(29,30)28-6-8-31-9-7-28/h2-5,10-11,19,26-27H,6-9H2,1H3. The molecule has 0 aromatic heterocycles. The van der Waals surface area contributed by atoms with Crippen molar-refractivity contribution >= 4 is 39.1 Å². The average Bonchev–Trinajstić information content (AvgIpc) is 2.78. The van der Waals surface area contributed by atoms with Crippen LogP contribution in [0, 0.1) is 11.5 Å². The minimum atomic E-state index is -4.73. The second-order valence-corrected chi connectivity index (χ2v) is 10.2. The van der Waals surface area contributed by atoms with Gasteiger partial charge >= 0.3 is 6.18 Å². The Morgan fingerprint density at radius 3 is 2.39 bits per heavy atom. The van der Waals surface area contributed by atoms with Crippen LogP contribution in [-0.4, -0.2) is 50.8 Å². The number of hydrogen-bond donors (Lipinski definition) is 2. The maximum atomic E-state index is 13.9. The summed E-state index contributed by atoms with van der Waals surface area (Å²) in [5, 5.41) is 13.8. The number of sulfonamides is 1. The van der Waals surface area contributed by atoms with Crippen LogP contribution < -0.4 is 10.6 Å². The highest BCUT2D eigenvalue weighted by molar-refractivity contribution is 7.99. The molecule has 1 fully saturated rings. The van der Waals surface area contributed by atoms with E-state index < -0.39 is 27.3 Å². The highest BCUT2D eigenvalue weighted by Gasteiger charge is 2.36. The fourth-order valence-electron chi connectivity index (χ4n) is 3.30. The van der Waals surface area contributed by atoms with Crippen molar-refractivity contribution in [2.45, 2.75) is 16.6 Å². The predicted octanol–water partition coefficient (Wildman–Crippen LogP) is 4.18. The van der Waals surface area contributed by atoms with Crippen LogP contribution >= 0.6 is 23.4 Å². The molecule has 1 aliphatic heterocycles. The number of nitriles is 1. The highest BCUT2D eigenvalue weighted by atomic mass is 35.5. The summed E-state index contributed by atoms with van der Waals surface area (Å²) in [7, 11) is -3.79. The van der Waals surface area contributed by atoms with Gasteiger partial charge in [-0.05, 0) is 36.1 Å². The molecular formula is C20H20ClF3N4O3S2. The fraction of sp³-hybridized carbons (Fsp3) is 0.350. The minimum absolute atomic E-state index is 0.0264. The Morgan fingerprint density at radius 2 is 1.85 bits per heavy atom. The van der Waals surface area contributed by atoms with E-state index in [9.17, 15) is 21.6 Å². The summed E-state index contributed by atoms with van der Waals surface area (Å²) in [6, 6.07) is 7.37. The first kappa shape index (κ1) is 25.5. The number of alkyl halides is 3. The van der Waals surface area contributed by atoms with E-state index in [1.807, 2.05) is 0 Å². The third-order valence-electron chi connectivity index (χ3n) is 4.88. The molecule has 1 heterocycles. The van der Waals surface area contributed by atoms with Crippen molar-refractivity contribution in [3.8, 4) is 17.3 Å². The summed E-state index contributed by atoms with van der Waals surface area (Å²) in [6.45, 7) is 0.980. The SMILES string of the molecule is CSC(NC#N)Nc1cc(Cl)c(-c2ccc(S(=O)(=O)N3CCOCC3)cc2)c(C(F)(F)F)c1. The van der Waals surface area contributed by atoms with Crippen LogP contribution in [0.2, 0.25) is 5.02 Å². The number of nitrogens with one attached hydrogen (secondary N) is 2. The molecule has 178 valence electrons. The van der Waals surface area contributed by atoms with Gasteiger partial charge in [0.05, 0.1) is 28.7 Å². The van der Waals surface area contributed by atoms with Crippen molar-refractivity contribution in [3.05, 3.63) is 47.0 Å². The predicted molar refractivity (Wildman–Crippen MR) is 121 cm³/mol. The van der Waals surface area contributed by atoms with Crippen LogP contribution in [0.3, 0.4) is 0 Å². The van der Waals surface area contributed by atoms with Gasteiger partial charge in [-0.1, -0.05) is 23.7 Å². The van der Waals surface area contributed by atoms with Crippen molar-refractivity contribution in [1.82, 2.24) is 9.62 Å². The van der Waals surface area contributed by atoms with Crippen LogP contribution in [0.4, 0.5) is 18.9 Å². The number of morpholine rings is 1. The van der Waals surface area contributed by atoms with Gasteiger partial charge in [-0.15, -0.1) is 11.8 Å². The molecule has 1 atom stereocenters. The quantitative estimate of drug-likeness (QED) is 0.321. The molecule has 2 aromatic carbocycles. The van der Waals surface area contributed by atoms with Gasteiger partial charge in [0.25, 0.3) is 0 Å². The zero-order valence-corrected chi connectivity index (χ0v) is 19.7. The highest BCUT2D eigenvalue weighted by Crippen LogP contribution is 2.43. The molecule has 0 bridgehead atoms. The number of nitrogens with zero attached hydrogens (tertiary/aromatic N) is 2. The van der Waals surface area contributed by atoms with Gasteiger partial charge in [0.1, 0.15) is 0 Å². The normalized spacial score (nSPS) is 16.1. The maximum Gasteiger partial charge on any atom is 0.417 e. The Bertz CT molecular complexity index is 1130. The smallest absolute Gasteiger partial charge is 0.379 e. The molecule has 1 aliphatic rings. The van der Waals surface area contributed by atoms with E-state index >= 15 is 0 Å². The van der Waals surface area contributed by atoms with Crippen molar-refractivity contribution < 1.29 is 26.3 Å². The van der Waals surface area contributed by atoms with Gasteiger partial charge in [-0.2, -0.15) is 22.7 Å². The Morgan fingerprint density at radius 1 is 1.21 bits per heavy atom. The molecule has 1 unspecified atom stereocenters. The summed E-state index contributed by atoms with van der Waals surface area (Å²) in [5.74, 6) is 0. The van der Waals surface area contributed by atoms with Crippen molar-refractivity contribution in [1.29, 1.82) is 5.26 Å². The lowest BCUT2D eigenvalue weighted by atomic mass is 9.98. The van der Waals surface area contributed by atoms with E-state index in [1.54, 1.807) is 12.4 Å². The molecule has 3 rings (SSSR count). The maximum absolute atomic E-state index is 13.9. The molecular weight excluding hydrogens is 501 g/mol. The molecule has 33 heavy (non-hydrogen) atoms. The molecule has 0 spiro atoms. The fourth-order valence-corrected chi connectivity index (χ4v) is 5.46. The topological polar surface area (TPSA) is 94.5 Å². The number of ether oxygens (including phenoxy) is 1. The van der Waals surface area contributed by atoms with Crippen molar-refractivity contribution in [2.75, 3.05) is 37.9 Å². The number of hydrogen-bond acceptors (Lipinski definition) is 7. The number of anilines is 1. The van der Waals surface area contributed by atoms with E-state index in [4.69, 9.17) is 21.6 Å². The van der Waals surface area contributed by atoms with Gasteiger partial charge in [0, 0.05) is 24.3 Å². The first-order valence-electron chi connectivity index (χ1n) is 9.61. The molecule has 7 nitrogen and oxygen atoms in total. The number of halogens is 4. The van der Waals surface area contributed by atoms with Gasteiger partial charge in [-0.3, -0.25) is 5.32 Å². The second-order valence-electron chi connectivity index (χ2n) is 6.94. The van der Waals surface area contributed by atoms with E-state index in [2.05, 4.69) is 10.6 Å². The number of benzene rings is 2. The minimum Gasteiger partial charge on any atom is -0.379 e. The molecule has 0 saturated carbocycles. The lowest BCUT2D eigenvalue weighted by Crippen LogP contribution is -2.40. The molecule has 2 N–H and O–H groups in total. The molecule has 0 amide bonds. The van der Waals surface area contributed by atoms with Crippen LogP contribution in [0.5, 0.6) is 0 Å². The van der Waals surface area contributed by atoms with Crippen molar-refractivity contribution in [3.63, 3.8) is 0 Å². The van der Waals surface area contributed by atoms with Crippen LogP contribution in [0.25, 0.3) is 11.1 Å². The van der Waals surface area contributed by atoms with Crippen LogP contribution in [-0.2, 0) is 20.9 Å². The average molecular weight is 521 g/mol. The summed E-state index contributed by atoms with van der Waals surface area (Å²) in [4.78, 5) is -0.0264. The summed E-state index contributed by atoms with van der Waals surface area (Å²) >= 11 is 7.44. The summed E-state index contributed by atoms with van der Waals surface area (Å²) in [5.41, 5.74) is -1.71. The van der Waals surface area contributed by atoms with Crippen molar-refractivity contribution in [2.24, 2.45) is 0 Å². The lowest BCUT2D eigenvalue weighted by Gasteiger charge is -2.26. The van der Waals surface area contributed by atoms with Gasteiger partial charge in [-0.25, -0.2) is 8.42 Å². The third kappa shape index (κ3) is 5.85. The van der Waals surface area contributed by atoms with E-state index in [0.717, 1.165) is 6.07 Å². The van der Waals surface area contributed by atoms with Crippen LogP contribution in [0.15, 0.2) is 41.3 Å². The molecule has 2 aromatic rings.